The van der Waals surface area contributed by atoms with Crippen LogP contribution in [0.25, 0.3) is 0 Å². The van der Waals surface area contributed by atoms with Crippen LogP contribution in [0.3, 0.4) is 0 Å². The first-order chi connectivity index (χ1) is 17.1. The number of aromatic nitrogens is 2. The van der Waals surface area contributed by atoms with Crippen molar-refractivity contribution in [2.75, 3.05) is 10.6 Å². The lowest BCUT2D eigenvalue weighted by Crippen LogP contribution is -2.41. The van der Waals surface area contributed by atoms with Gasteiger partial charge in [-0.3, -0.25) is 9.59 Å². The molecule has 0 saturated heterocycles. The van der Waals surface area contributed by atoms with E-state index in [1.165, 1.54) is 6.20 Å². The van der Waals surface area contributed by atoms with Crippen LogP contribution in [0.4, 0.5) is 11.5 Å². The van der Waals surface area contributed by atoms with E-state index in [9.17, 15) is 24.6 Å². The molecule has 7 N–H and O–H groups in total. The number of carbonyl (C=O) groups excluding carboxylic acids is 2. The second kappa shape index (κ2) is 12.1. The van der Waals surface area contributed by atoms with Crippen LogP contribution in [0.1, 0.15) is 67.5 Å². The Morgan fingerprint density at radius 2 is 1.83 bits per heavy atom. The molecule has 192 valence electrons. The molecule has 2 aromatic rings. The minimum atomic E-state index is -1.20. The minimum Gasteiger partial charge on any atom is -0.480 e. The quantitative estimate of drug-likeness (QED) is 0.252. The minimum absolute atomic E-state index is 0.00845. The van der Waals surface area contributed by atoms with E-state index in [1.54, 1.807) is 24.3 Å². The molecular weight excluding hydrogens is 466 g/mol. The number of Topliss-reactive ketones (excluding diaryl/α,β-unsaturated/α-hetero) is 1. The summed E-state index contributed by atoms with van der Waals surface area (Å²) in [6, 6.07) is 5.33. The number of benzene rings is 1. The monoisotopic (exact) mass is 497 g/mol. The van der Waals surface area contributed by atoms with Gasteiger partial charge in [-0.25, -0.2) is 19.8 Å². The SMILES string of the molecule is CC(C)CCC(=O)CC[C@H](NC(=O)c1ccc(NCc2cnc3c(n2)C(O)N=C(N)N3)cc1)C(=O)O. The Hall–Kier alpha value is -4.06. The Balaban J connectivity index is 1.52. The number of anilines is 2. The normalized spacial score (nSPS) is 15.3. The second-order valence-corrected chi connectivity index (χ2v) is 8.91. The molecule has 36 heavy (non-hydrogen) atoms. The van der Waals surface area contributed by atoms with Crippen LogP contribution in [0.5, 0.6) is 0 Å². The highest BCUT2D eigenvalue weighted by molar-refractivity contribution is 5.97. The molecule has 1 aliphatic rings. The Morgan fingerprint density at radius 1 is 1.14 bits per heavy atom. The largest absolute Gasteiger partial charge is 0.480 e. The van der Waals surface area contributed by atoms with Gasteiger partial charge in [-0.1, -0.05) is 13.8 Å². The van der Waals surface area contributed by atoms with Crippen molar-refractivity contribution in [2.45, 2.75) is 58.3 Å². The molecule has 12 heteroatoms. The van der Waals surface area contributed by atoms with E-state index in [1.807, 2.05) is 13.8 Å². The average Bonchev–Trinajstić information content (AvgIpc) is 2.84. The van der Waals surface area contributed by atoms with Gasteiger partial charge in [-0.2, -0.15) is 0 Å². The highest BCUT2D eigenvalue weighted by atomic mass is 16.4. The van der Waals surface area contributed by atoms with Crippen molar-refractivity contribution < 1.29 is 24.6 Å². The van der Waals surface area contributed by atoms with Gasteiger partial charge in [0.2, 0.25) is 0 Å². The number of carbonyl (C=O) groups is 3. The van der Waals surface area contributed by atoms with Crippen LogP contribution in [-0.4, -0.2) is 49.8 Å². The fraction of sp³-hybridized carbons (Fsp3) is 0.417. The van der Waals surface area contributed by atoms with Gasteiger partial charge in [-0.05, 0) is 43.0 Å². The predicted molar refractivity (Wildman–Crippen MR) is 133 cm³/mol. The number of aliphatic carboxylic acids is 1. The first-order valence-electron chi connectivity index (χ1n) is 11.7. The van der Waals surface area contributed by atoms with Crippen LogP contribution in [0.2, 0.25) is 0 Å². The number of nitrogens with two attached hydrogens (primary N) is 1. The zero-order valence-corrected chi connectivity index (χ0v) is 20.2. The van der Waals surface area contributed by atoms with Crippen molar-refractivity contribution in [3.63, 3.8) is 0 Å². The molecule has 1 unspecified atom stereocenters. The van der Waals surface area contributed by atoms with Crippen molar-refractivity contribution in [1.29, 1.82) is 0 Å². The summed E-state index contributed by atoms with van der Waals surface area (Å²) in [4.78, 5) is 48.4. The number of rotatable bonds is 12. The number of fused-ring (bicyclic) bond motifs is 1. The Bertz CT molecular complexity index is 1130. The number of aliphatic hydroxyl groups excluding tert-OH is 1. The maximum absolute atomic E-state index is 12.6. The number of aliphatic hydroxyl groups is 1. The summed E-state index contributed by atoms with van der Waals surface area (Å²) in [6.07, 6.45) is 1.65. The molecule has 1 amide bonds. The lowest BCUT2D eigenvalue weighted by molar-refractivity contribution is -0.139. The van der Waals surface area contributed by atoms with Crippen molar-refractivity contribution in [3.05, 3.63) is 47.4 Å². The fourth-order valence-electron chi connectivity index (χ4n) is 3.46. The number of hydrogen-bond acceptors (Lipinski definition) is 10. The van der Waals surface area contributed by atoms with E-state index >= 15 is 0 Å². The zero-order chi connectivity index (χ0) is 26.2. The Labute approximate surface area is 208 Å². The van der Waals surface area contributed by atoms with Gasteiger partial charge in [0.1, 0.15) is 17.5 Å². The molecule has 0 spiro atoms. The van der Waals surface area contributed by atoms with Crippen molar-refractivity contribution in [3.8, 4) is 0 Å². The second-order valence-electron chi connectivity index (χ2n) is 8.91. The molecule has 2 atom stereocenters. The number of carboxylic acids is 1. The summed E-state index contributed by atoms with van der Waals surface area (Å²) in [5.41, 5.74) is 7.37. The third-order valence-electron chi connectivity index (χ3n) is 5.54. The molecule has 2 heterocycles. The number of aliphatic imine (C=N–C) groups is 1. The highest BCUT2D eigenvalue weighted by Crippen LogP contribution is 2.23. The summed E-state index contributed by atoms with van der Waals surface area (Å²) >= 11 is 0. The third-order valence-corrected chi connectivity index (χ3v) is 5.54. The van der Waals surface area contributed by atoms with Crippen LogP contribution in [0.15, 0.2) is 35.5 Å². The van der Waals surface area contributed by atoms with E-state index in [-0.39, 0.29) is 35.8 Å². The van der Waals surface area contributed by atoms with Crippen LogP contribution in [-0.2, 0) is 16.1 Å². The highest BCUT2D eigenvalue weighted by Gasteiger charge is 2.23. The molecule has 1 aliphatic heterocycles. The van der Waals surface area contributed by atoms with E-state index in [0.717, 1.165) is 6.42 Å². The molecule has 0 bridgehead atoms. The Morgan fingerprint density at radius 3 is 2.50 bits per heavy atom. The van der Waals surface area contributed by atoms with Gasteiger partial charge in [0.15, 0.2) is 18.0 Å². The van der Waals surface area contributed by atoms with Crippen molar-refractivity contribution in [2.24, 2.45) is 16.6 Å². The smallest absolute Gasteiger partial charge is 0.326 e. The summed E-state index contributed by atoms with van der Waals surface area (Å²) < 4.78 is 0. The summed E-state index contributed by atoms with van der Waals surface area (Å²) in [6.45, 7) is 4.33. The number of amides is 1. The number of nitrogens with one attached hydrogen (secondary N) is 3. The van der Waals surface area contributed by atoms with E-state index in [2.05, 4.69) is 30.9 Å². The molecule has 1 aromatic carbocycles. The molecule has 3 rings (SSSR count). The standard InChI is InChI=1S/C24H31N7O5/c1-13(2)3-8-17(32)9-10-18(23(35)36)29-21(33)14-4-6-15(7-5-14)26-11-16-12-27-20-19(28-16)22(34)31-24(25)30-20/h4-7,12-13,18,22,26,34H,3,8-11H2,1-2H3,(H,29,33)(H,35,36)(H3,25,27,30,31)/t18-,22?/m0/s1. The van der Waals surface area contributed by atoms with Crippen LogP contribution < -0.4 is 21.7 Å². The van der Waals surface area contributed by atoms with Crippen molar-refractivity contribution in [1.82, 2.24) is 15.3 Å². The Kier molecular flexibility index (Phi) is 8.90. The fourth-order valence-corrected chi connectivity index (χ4v) is 3.46. The molecule has 0 radical (unpaired) electrons. The third kappa shape index (κ3) is 7.47. The number of guanidine groups is 1. The molecular formula is C24H31N7O5. The van der Waals surface area contributed by atoms with Crippen molar-refractivity contribution >= 4 is 35.1 Å². The predicted octanol–water partition coefficient (Wildman–Crippen LogP) is 1.79. The van der Waals surface area contributed by atoms with Gasteiger partial charge in [0.25, 0.3) is 5.91 Å². The van der Waals surface area contributed by atoms with Gasteiger partial charge in [-0.15, -0.1) is 0 Å². The summed E-state index contributed by atoms with van der Waals surface area (Å²) in [7, 11) is 0. The molecule has 0 fully saturated rings. The first kappa shape index (κ1) is 26.5. The molecule has 0 saturated carbocycles. The first-order valence-corrected chi connectivity index (χ1v) is 11.7. The number of hydrogen-bond donors (Lipinski definition) is 6. The van der Waals surface area contributed by atoms with Crippen LogP contribution >= 0.6 is 0 Å². The van der Waals surface area contributed by atoms with Gasteiger partial charge in [0, 0.05) is 24.1 Å². The van der Waals surface area contributed by atoms with E-state index < -0.39 is 24.1 Å². The van der Waals surface area contributed by atoms with Crippen LogP contribution in [0, 0.1) is 5.92 Å². The summed E-state index contributed by atoms with van der Waals surface area (Å²) in [5, 5.41) is 27.8. The summed E-state index contributed by atoms with van der Waals surface area (Å²) in [5.74, 6) is -0.931. The lowest BCUT2D eigenvalue weighted by Gasteiger charge is -2.18. The van der Waals surface area contributed by atoms with Gasteiger partial charge in [0.05, 0.1) is 18.4 Å². The number of ketones is 1. The lowest BCUT2D eigenvalue weighted by atomic mass is 10.0. The zero-order valence-electron chi connectivity index (χ0n) is 20.2. The van der Waals surface area contributed by atoms with E-state index in [0.29, 0.717) is 36.1 Å². The average molecular weight is 498 g/mol. The van der Waals surface area contributed by atoms with Gasteiger partial charge >= 0.3 is 5.97 Å². The number of nitrogens with zero attached hydrogens (tertiary/aromatic N) is 3. The molecule has 1 aromatic heterocycles. The molecule has 0 aliphatic carbocycles. The molecule has 12 nitrogen and oxygen atoms in total. The topological polar surface area (TPSA) is 192 Å². The number of carboxylic acid groups (broad SMARTS) is 1. The maximum atomic E-state index is 12.6. The van der Waals surface area contributed by atoms with Gasteiger partial charge < -0.3 is 31.9 Å². The van der Waals surface area contributed by atoms with E-state index in [4.69, 9.17) is 5.73 Å². The maximum Gasteiger partial charge on any atom is 0.326 e.